The molecule has 0 bridgehead atoms. The Kier molecular flexibility index (Phi) is 4.30. The molecule has 0 fully saturated rings. The van der Waals surface area contributed by atoms with Crippen molar-refractivity contribution in [1.82, 2.24) is 5.43 Å². The van der Waals surface area contributed by atoms with E-state index in [0.717, 1.165) is 18.3 Å². The Morgan fingerprint density at radius 1 is 1.05 bits per heavy atom. The topological polar surface area (TPSA) is 102 Å². The summed E-state index contributed by atoms with van der Waals surface area (Å²) in [5.74, 6) is -1.59. The van der Waals surface area contributed by atoms with E-state index in [1.807, 2.05) is 0 Å². The normalized spacial score (nSPS) is 10.7. The fourth-order valence-electron chi connectivity index (χ4n) is 1.51. The zero-order valence-corrected chi connectivity index (χ0v) is 11.4. The number of aromatic hydroxyl groups is 3. The van der Waals surface area contributed by atoms with Gasteiger partial charge in [0.05, 0.1) is 6.21 Å². The molecule has 0 aliphatic rings. The molecular weight excluding hydrogens is 296 g/mol. The van der Waals surface area contributed by atoms with Crippen LogP contribution in [0, 0.1) is 0 Å². The van der Waals surface area contributed by atoms with Crippen molar-refractivity contribution in [2.24, 2.45) is 5.10 Å². The third kappa shape index (κ3) is 3.64. The molecule has 7 heteroatoms. The lowest BCUT2D eigenvalue weighted by atomic mass is 10.2. The van der Waals surface area contributed by atoms with Gasteiger partial charge in [-0.05, 0) is 30.3 Å². The number of amides is 1. The fourth-order valence-corrected chi connectivity index (χ4v) is 1.64. The molecule has 4 N–H and O–H groups in total. The smallest absolute Gasteiger partial charge is 0.271 e. The third-order valence-corrected chi connectivity index (χ3v) is 2.85. The van der Waals surface area contributed by atoms with E-state index in [0.29, 0.717) is 10.6 Å². The van der Waals surface area contributed by atoms with E-state index < -0.39 is 17.4 Å². The standard InChI is InChI=1S/C14H11ClN2O4/c15-10-3-1-8(2-4-10)14(21)17-16-7-9-5-12(19)13(20)6-11(9)18/h1-7,18-20H,(H,17,21). The van der Waals surface area contributed by atoms with Crippen LogP contribution in [0.2, 0.25) is 5.02 Å². The molecule has 0 unspecified atom stereocenters. The summed E-state index contributed by atoms with van der Waals surface area (Å²) in [5.41, 5.74) is 2.77. The van der Waals surface area contributed by atoms with Crippen LogP contribution in [0.5, 0.6) is 17.2 Å². The summed E-state index contributed by atoms with van der Waals surface area (Å²) >= 11 is 5.71. The Labute approximate surface area is 124 Å². The fraction of sp³-hybridized carbons (Fsp3) is 0. The summed E-state index contributed by atoms with van der Waals surface area (Å²) in [7, 11) is 0. The Morgan fingerprint density at radius 3 is 2.33 bits per heavy atom. The van der Waals surface area contributed by atoms with Crippen LogP contribution < -0.4 is 5.43 Å². The second kappa shape index (κ2) is 6.15. The van der Waals surface area contributed by atoms with Gasteiger partial charge in [0.15, 0.2) is 11.5 Å². The first-order chi connectivity index (χ1) is 9.97. The number of hydrogen-bond acceptors (Lipinski definition) is 5. The van der Waals surface area contributed by atoms with Crippen molar-refractivity contribution in [3.8, 4) is 17.2 Å². The number of carbonyl (C=O) groups excluding carboxylic acids is 1. The third-order valence-electron chi connectivity index (χ3n) is 2.60. The van der Waals surface area contributed by atoms with Gasteiger partial charge in [-0.15, -0.1) is 0 Å². The maximum atomic E-state index is 11.7. The van der Waals surface area contributed by atoms with Crippen molar-refractivity contribution in [2.45, 2.75) is 0 Å². The lowest BCUT2D eigenvalue weighted by molar-refractivity contribution is 0.0955. The second-order valence-corrected chi connectivity index (χ2v) is 4.54. The minimum absolute atomic E-state index is 0.140. The number of carbonyl (C=O) groups is 1. The zero-order chi connectivity index (χ0) is 15.4. The molecule has 2 aromatic rings. The van der Waals surface area contributed by atoms with Crippen molar-refractivity contribution in [1.29, 1.82) is 0 Å². The highest BCUT2D eigenvalue weighted by molar-refractivity contribution is 6.30. The van der Waals surface area contributed by atoms with Gasteiger partial charge in [0, 0.05) is 22.2 Å². The molecule has 2 aromatic carbocycles. The van der Waals surface area contributed by atoms with Crippen molar-refractivity contribution in [3.63, 3.8) is 0 Å². The Morgan fingerprint density at radius 2 is 1.67 bits per heavy atom. The van der Waals surface area contributed by atoms with E-state index in [4.69, 9.17) is 11.6 Å². The Bertz CT molecular complexity index is 699. The van der Waals surface area contributed by atoms with E-state index in [9.17, 15) is 20.1 Å². The van der Waals surface area contributed by atoms with E-state index in [2.05, 4.69) is 10.5 Å². The molecule has 0 aliphatic heterocycles. The molecule has 0 radical (unpaired) electrons. The molecule has 0 saturated heterocycles. The first kappa shape index (κ1) is 14.7. The number of hydrazone groups is 1. The van der Waals surface area contributed by atoms with Crippen LogP contribution in [0.15, 0.2) is 41.5 Å². The first-order valence-electron chi connectivity index (χ1n) is 5.81. The molecule has 21 heavy (non-hydrogen) atoms. The summed E-state index contributed by atoms with van der Waals surface area (Å²) in [6.45, 7) is 0. The predicted octanol–water partition coefficient (Wildman–Crippen LogP) is 2.22. The van der Waals surface area contributed by atoms with Crippen molar-refractivity contribution in [2.75, 3.05) is 0 Å². The number of phenols is 3. The monoisotopic (exact) mass is 306 g/mol. The van der Waals surface area contributed by atoms with E-state index in [1.165, 1.54) is 12.1 Å². The molecule has 0 aromatic heterocycles. The van der Waals surface area contributed by atoms with Crippen LogP contribution in [0.25, 0.3) is 0 Å². The zero-order valence-electron chi connectivity index (χ0n) is 10.6. The maximum Gasteiger partial charge on any atom is 0.271 e. The van der Waals surface area contributed by atoms with Crippen LogP contribution in [-0.4, -0.2) is 27.4 Å². The van der Waals surface area contributed by atoms with Crippen LogP contribution in [0.4, 0.5) is 0 Å². The molecule has 6 nitrogen and oxygen atoms in total. The first-order valence-corrected chi connectivity index (χ1v) is 6.19. The van der Waals surface area contributed by atoms with Crippen LogP contribution in [0.3, 0.4) is 0 Å². The summed E-state index contributed by atoms with van der Waals surface area (Å²) in [4.78, 5) is 11.7. The number of rotatable bonds is 3. The summed E-state index contributed by atoms with van der Waals surface area (Å²) < 4.78 is 0. The van der Waals surface area contributed by atoms with E-state index in [1.54, 1.807) is 12.1 Å². The lowest BCUT2D eigenvalue weighted by Crippen LogP contribution is -2.17. The SMILES string of the molecule is O=C(NN=Cc1cc(O)c(O)cc1O)c1ccc(Cl)cc1. The van der Waals surface area contributed by atoms with Crippen molar-refractivity contribution >= 4 is 23.7 Å². The van der Waals surface area contributed by atoms with Crippen LogP contribution in [0.1, 0.15) is 15.9 Å². The van der Waals surface area contributed by atoms with Gasteiger partial charge in [0.2, 0.25) is 0 Å². The van der Waals surface area contributed by atoms with E-state index in [-0.39, 0.29) is 11.3 Å². The predicted molar refractivity (Wildman–Crippen MR) is 77.9 cm³/mol. The molecule has 1 amide bonds. The van der Waals surface area contributed by atoms with Gasteiger partial charge >= 0.3 is 0 Å². The number of halogens is 1. The molecule has 0 heterocycles. The number of phenolic OH excluding ortho intramolecular Hbond substituents is 3. The average Bonchev–Trinajstić information content (AvgIpc) is 2.45. The molecule has 2 rings (SSSR count). The molecule has 0 spiro atoms. The van der Waals surface area contributed by atoms with Gasteiger partial charge < -0.3 is 15.3 Å². The molecular formula is C14H11ClN2O4. The largest absolute Gasteiger partial charge is 0.507 e. The van der Waals surface area contributed by atoms with Gasteiger partial charge in [-0.1, -0.05) is 11.6 Å². The number of hydrogen-bond donors (Lipinski definition) is 4. The molecule has 108 valence electrons. The quantitative estimate of drug-likeness (QED) is 0.302. The second-order valence-electron chi connectivity index (χ2n) is 4.11. The highest BCUT2D eigenvalue weighted by Gasteiger charge is 2.07. The average molecular weight is 307 g/mol. The summed E-state index contributed by atoms with van der Waals surface area (Å²) in [5, 5.41) is 32.2. The number of nitrogens with zero attached hydrogens (tertiary/aromatic N) is 1. The number of nitrogens with one attached hydrogen (secondary N) is 1. The summed E-state index contributed by atoms with van der Waals surface area (Å²) in [6, 6.07) is 8.31. The number of benzene rings is 2. The molecule has 0 aliphatic carbocycles. The molecule has 0 saturated carbocycles. The highest BCUT2D eigenvalue weighted by atomic mass is 35.5. The molecule has 0 atom stereocenters. The van der Waals surface area contributed by atoms with Crippen molar-refractivity contribution < 1.29 is 20.1 Å². The van der Waals surface area contributed by atoms with Gasteiger partial charge in [-0.2, -0.15) is 5.10 Å². The van der Waals surface area contributed by atoms with E-state index >= 15 is 0 Å². The van der Waals surface area contributed by atoms with Gasteiger partial charge in [0.1, 0.15) is 5.75 Å². The minimum atomic E-state index is -0.453. The summed E-state index contributed by atoms with van der Waals surface area (Å²) in [6.07, 6.45) is 1.14. The highest BCUT2D eigenvalue weighted by Crippen LogP contribution is 2.31. The Hall–Kier alpha value is -2.73. The maximum absolute atomic E-state index is 11.7. The van der Waals surface area contributed by atoms with Gasteiger partial charge in [-0.25, -0.2) is 5.43 Å². The van der Waals surface area contributed by atoms with Gasteiger partial charge in [-0.3, -0.25) is 4.79 Å². The Balaban J connectivity index is 2.07. The van der Waals surface area contributed by atoms with Gasteiger partial charge in [0.25, 0.3) is 5.91 Å². The van der Waals surface area contributed by atoms with Crippen molar-refractivity contribution in [3.05, 3.63) is 52.5 Å². The minimum Gasteiger partial charge on any atom is -0.507 e. The lowest BCUT2D eigenvalue weighted by Gasteiger charge is -2.03. The van der Waals surface area contributed by atoms with Crippen LogP contribution >= 0.6 is 11.6 Å². The van der Waals surface area contributed by atoms with Crippen LogP contribution in [-0.2, 0) is 0 Å².